The van der Waals surface area contributed by atoms with Crippen molar-refractivity contribution in [3.63, 3.8) is 0 Å². The molecule has 5 N–H and O–H groups in total. The van der Waals surface area contributed by atoms with Gasteiger partial charge in [0.1, 0.15) is 17.1 Å². The van der Waals surface area contributed by atoms with Crippen molar-refractivity contribution >= 4 is 22.6 Å². The number of carboxylic acid groups (broad SMARTS) is 1. The molecular formula is C30H34N2O8. The van der Waals surface area contributed by atoms with Gasteiger partial charge in [-0.1, -0.05) is 6.07 Å². The first-order valence-electron chi connectivity index (χ1n) is 13.2. The van der Waals surface area contributed by atoms with Gasteiger partial charge >= 0.3 is 5.97 Å². The molecule has 1 aliphatic carbocycles. The van der Waals surface area contributed by atoms with Crippen molar-refractivity contribution in [2.75, 3.05) is 58.0 Å². The highest BCUT2D eigenvalue weighted by Gasteiger charge is 2.22. The molecule has 10 nitrogen and oxygen atoms in total. The number of ether oxygens (including phenoxy) is 3. The molecular weight excluding hydrogens is 516 g/mol. The second-order valence-electron chi connectivity index (χ2n) is 9.14. The summed E-state index contributed by atoms with van der Waals surface area (Å²) in [7, 11) is 0. The van der Waals surface area contributed by atoms with E-state index >= 15 is 0 Å². The van der Waals surface area contributed by atoms with Gasteiger partial charge in [0.15, 0.2) is 5.43 Å². The van der Waals surface area contributed by atoms with Crippen LogP contribution in [0.2, 0.25) is 0 Å². The lowest BCUT2D eigenvalue weighted by atomic mass is 9.90. The van der Waals surface area contributed by atoms with Crippen LogP contribution in [0.5, 0.6) is 5.75 Å². The first-order chi connectivity index (χ1) is 19.5. The zero-order valence-electron chi connectivity index (χ0n) is 22.2. The molecule has 40 heavy (non-hydrogen) atoms. The van der Waals surface area contributed by atoms with Gasteiger partial charge in [0.25, 0.3) is 0 Å². The first kappa shape index (κ1) is 29.0. The van der Waals surface area contributed by atoms with Gasteiger partial charge in [-0.25, -0.2) is 4.79 Å². The maximum Gasteiger partial charge on any atom is 0.336 e. The average molecular weight is 551 g/mol. The smallest absolute Gasteiger partial charge is 0.336 e. The fourth-order valence-corrected chi connectivity index (χ4v) is 4.33. The largest absolute Gasteiger partial charge is 0.508 e. The molecule has 212 valence electrons. The molecule has 2 aromatic carbocycles. The fourth-order valence-electron chi connectivity index (χ4n) is 4.33. The van der Waals surface area contributed by atoms with Crippen LogP contribution in [0, 0.1) is 0 Å². The standard InChI is InChI=1S/C30H34N2O8/c31-9-1-11-37-13-15-39-16-14-38-12-2-10-32-20-3-6-23(26(17-20)30(35)36)29-24-7-4-21(33)18-27(24)40-28-19-22(34)5-8-25(28)29/h3-8,17-19,32-33H,1-2,9-16,31H2,(H,35,36). The number of rotatable bonds is 16. The molecule has 0 aromatic heterocycles. The third kappa shape index (κ3) is 7.57. The van der Waals surface area contributed by atoms with Gasteiger partial charge < -0.3 is 39.9 Å². The zero-order chi connectivity index (χ0) is 28.3. The second-order valence-corrected chi connectivity index (χ2v) is 9.14. The number of hydrogen-bond acceptors (Lipinski definition) is 9. The van der Waals surface area contributed by atoms with E-state index in [4.69, 9.17) is 24.4 Å². The summed E-state index contributed by atoms with van der Waals surface area (Å²) in [6, 6.07) is 14.2. The van der Waals surface area contributed by atoms with Crippen molar-refractivity contribution in [3.05, 3.63) is 70.4 Å². The van der Waals surface area contributed by atoms with Gasteiger partial charge in [-0.05, 0) is 61.3 Å². The zero-order valence-corrected chi connectivity index (χ0v) is 22.2. The van der Waals surface area contributed by atoms with Gasteiger partial charge in [0.2, 0.25) is 0 Å². The highest BCUT2D eigenvalue weighted by molar-refractivity contribution is 6.08. The van der Waals surface area contributed by atoms with Gasteiger partial charge in [0.05, 0.1) is 32.0 Å². The fraction of sp³-hybridized carbons (Fsp3) is 0.333. The lowest BCUT2D eigenvalue weighted by Crippen LogP contribution is -2.12. The topological polar surface area (TPSA) is 153 Å². The molecule has 2 aliphatic rings. The second kappa shape index (κ2) is 14.4. The number of anilines is 1. The minimum absolute atomic E-state index is 0.00186. The van der Waals surface area contributed by atoms with E-state index in [0.717, 1.165) is 12.8 Å². The molecule has 0 atom stereocenters. The number of benzene rings is 3. The van der Waals surface area contributed by atoms with Crippen LogP contribution in [0.15, 0.2) is 63.8 Å². The molecule has 10 heteroatoms. The molecule has 0 unspecified atom stereocenters. The summed E-state index contributed by atoms with van der Waals surface area (Å²) in [5, 5.41) is 23.9. The maximum absolute atomic E-state index is 12.3. The van der Waals surface area contributed by atoms with E-state index in [1.165, 1.54) is 24.3 Å². The molecule has 1 aliphatic heterocycles. The number of nitrogens with one attached hydrogen (secondary N) is 1. The van der Waals surface area contributed by atoms with Crippen LogP contribution in [-0.4, -0.2) is 68.9 Å². The number of carboxylic acids is 1. The number of nitrogens with two attached hydrogens (primary N) is 1. The number of aromatic hydroxyl groups is 1. The highest BCUT2D eigenvalue weighted by Crippen LogP contribution is 2.42. The van der Waals surface area contributed by atoms with Gasteiger partial charge in [-0.3, -0.25) is 4.79 Å². The van der Waals surface area contributed by atoms with E-state index in [9.17, 15) is 19.8 Å². The number of fused-ring (bicyclic) bond motifs is 2. The van der Waals surface area contributed by atoms with Crippen LogP contribution in [0.1, 0.15) is 23.2 Å². The molecule has 0 saturated carbocycles. The predicted octanol–water partition coefficient (Wildman–Crippen LogP) is 4.17. The average Bonchev–Trinajstić information content (AvgIpc) is 2.94. The molecule has 0 radical (unpaired) electrons. The molecule has 1 heterocycles. The van der Waals surface area contributed by atoms with Crippen LogP contribution in [0.3, 0.4) is 0 Å². The Bertz CT molecular complexity index is 1450. The van der Waals surface area contributed by atoms with E-state index < -0.39 is 5.97 Å². The van der Waals surface area contributed by atoms with Crippen LogP contribution in [0.4, 0.5) is 5.69 Å². The Morgan fingerprint density at radius 2 is 1.55 bits per heavy atom. The Morgan fingerprint density at radius 3 is 2.27 bits per heavy atom. The molecule has 0 saturated heterocycles. The quantitative estimate of drug-likeness (QED) is 0.118. The van der Waals surface area contributed by atoms with Crippen molar-refractivity contribution in [2.24, 2.45) is 5.73 Å². The van der Waals surface area contributed by atoms with Crippen molar-refractivity contribution in [1.29, 1.82) is 0 Å². The minimum Gasteiger partial charge on any atom is -0.508 e. The molecule has 0 amide bonds. The summed E-state index contributed by atoms with van der Waals surface area (Å²) in [6.45, 7) is 4.42. The summed E-state index contributed by atoms with van der Waals surface area (Å²) in [5.41, 5.74) is 7.95. The van der Waals surface area contributed by atoms with E-state index in [-0.39, 0.29) is 16.7 Å². The number of hydrogen-bond donors (Lipinski definition) is 4. The van der Waals surface area contributed by atoms with E-state index in [1.54, 1.807) is 24.3 Å². The maximum atomic E-state index is 12.3. The Kier molecular flexibility index (Phi) is 10.5. The molecule has 0 bridgehead atoms. The number of aromatic carboxylic acids is 1. The van der Waals surface area contributed by atoms with Gasteiger partial charge in [-0.2, -0.15) is 0 Å². The molecule has 4 rings (SSSR count). The van der Waals surface area contributed by atoms with E-state index in [0.29, 0.717) is 91.8 Å². The molecule has 0 fully saturated rings. The Labute approximate surface area is 231 Å². The normalized spacial score (nSPS) is 11.3. The highest BCUT2D eigenvalue weighted by atomic mass is 16.5. The number of phenolic OH excluding ortho intramolecular Hbond substituents is 1. The predicted molar refractivity (Wildman–Crippen MR) is 152 cm³/mol. The Balaban J connectivity index is 1.39. The lowest BCUT2D eigenvalue weighted by Gasteiger charge is -2.17. The van der Waals surface area contributed by atoms with Gasteiger partial charge in [0, 0.05) is 54.1 Å². The van der Waals surface area contributed by atoms with Crippen molar-refractivity contribution < 1.29 is 33.6 Å². The SMILES string of the molecule is NCCCOCCOCCOCCCNc1ccc(-c2c3ccc(=O)cc-3oc3cc(O)ccc23)c(C(=O)O)c1. The Hall–Kier alpha value is -3.96. The van der Waals surface area contributed by atoms with Crippen molar-refractivity contribution in [1.82, 2.24) is 0 Å². The summed E-state index contributed by atoms with van der Waals surface area (Å²) in [6.07, 6.45) is 1.57. The number of phenols is 1. The lowest BCUT2D eigenvalue weighted by molar-refractivity contribution is 0.0144. The minimum atomic E-state index is -1.09. The third-order valence-electron chi connectivity index (χ3n) is 6.23. The van der Waals surface area contributed by atoms with E-state index in [2.05, 4.69) is 5.32 Å². The van der Waals surface area contributed by atoms with Crippen LogP contribution in [-0.2, 0) is 14.2 Å². The van der Waals surface area contributed by atoms with Crippen LogP contribution < -0.4 is 16.5 Å². The summed E-state index contributed by atoms with van der Waals surface area (Å²) in [5.74, 6) is -0.786. The first-order valence-corrected chi connectivity index (χ1v) is 13.2. The molecule has 0 spiro atoms. The third-order valence-corrected chi connectivity index (χ3v) is 6.23. The van der Waals surface area contributed by atoms with Crippen molar-refractivity contribution in [2.45, 2.75) is 12.8 Å². The van der Waals surface area contributed by atoms with E-state index in [1.807, 2.05) is 6.07 Å². The summed E-state index contributed by atoms with van der Waals surface area (Å²) >= 11 is 0. The Morgan fingerprint density at radius 1 is 0.850 bits per heavy atom. The van der Waals surface area contributed by atoms with Crippen LogP contribution in [0.25, 0.3) is 33.4 Å². The summed E-state index contributed by atoms with van der Waals surface area (Å²) in [4.78, 5) is 24.3. The summed E-state index contributed by atoms with van der Waals surface area (Å²) < 4.78 is 22.3. The van der Waals surface area contributed by atoms with Gasteiger partial charge in [-0.15, -0.1) is 0 Å². The number of carbonyl (C=O) groups is 1. The molecule has 2 aromatic rings. The monoisotopic (exact) mass is 550 g/mol. The van der Waals surface area contributed by atoms with Crippen LogP contribution >= 0.6 is 0 Å². The van der Waals surface area contributed by atoms with Crippen molar-refractivity contribution in [3.8, 4) is 28.2 Å².